The van der Waals surface area contributed by atoms with Crippen molar-refractivity contribution < 1.29 is 19.1 Å². The topological polar surface area (TPSA) is 79.8 Å². The van der Waals surface area contributed by atoms with Gasteiger partial charge in [-0.05, 0) is 44.5 Å². The Morgan fingerprint density at radius 3 is 2.42 bits per heavy atom. The molecule has 0 radical (unpaired) electrons. The van der Waals surface area contributed by atoms with Crippen LogP contribution < -0.4 is 4.90 Å². The second-order valence-corrected chi connectivity index (χ2v) is 7.66. The third-order valence-electron chi connectivity index (χ3n) is 5.68. The highest BCUT2D eigenvalue weighted by atomic mass is 16.5. The van der Waals surface area contributed by atoms with Crippen LogP contribution >= 0.6 is 0 Å². The van der Waals surface area contributed by atoms with Crippen LogP contribution in [-0.2, 0) is 16.1 Å². The summed E-state index contributed by atoms with van der Waals surface area (Å²) in [6, 6.07) is 13.8. The van der Waals surface area contributed by atoms with Crippen LogP contribution in [0.3, 0.4) is 0 Å². The molecule has 0 N–H and O–H groups in total. The second-order valence-electron chi connectivity index (χ2n) is 7.66. The predicted octanol–water partition coefficient (Wildman–Crippen LogP) is 4.00. The van der Waals surface area contributed by atoms with Gasteiger partial charge in [-0.3, -0.25) is 14.6 Å². The maximum atomic E-state index is 13.2. The van der Waals surface area contributed by atoms with E-state index in [1.165, 1.54) is 12.0 Å². The number of ether oxygens (including phenoxy) is 1. The number of urea groups is 1. The van der Waals surface area contributed by atoms with Crippen LogP contribution in [-0.4, -0.2) is 40.9 Å². The Hall–Kier alpha value is -3.74. The monoisotopic (exact) mass is 417 g/mol. The number of methoxy groups -OCH3 is 1. The Labute approximate surface area is 180 Å². The Bertz CT molecular complexity index is 1200. The minimum atomic E-state index is -0.654. The van der Waals surface area contributed by atoms with Crippen LogP contribution in [0.2, 0.25) is 0 Å². The maximum absolute atomic E-state index is 13.2. The van der Waals surface area contributed by atoms with Crippen molar-refractivity contribution in [3.8, 4) is 0 Å². The number of carbonyl (C=O) groups is 3. The van der Waals surface area contributed by atoms with Crippen LogP contribution in [0.25, 0.3) is 10.9 Å². The summed E-state index contributed by atoms with van der Waals surface area (Å²) < 4.78 is 4.97. The molecule has 2 aromatic carbocycles. The minimum Gasteiger partial charge on any atom is -0.465 e. The van der Waals surface area contributed by atoms with Gasteiger partial charge in [0.15, 0.2) is 0 Å². The molecule has 1 aromatic heterocycles. The Kier molecular flexibility index (Phi) is 5.19. The van der Waals surface area contributed by atoms with Gasteiger partial charge in [0.05, 0.1) is 30.4 Å². The maximum Gasteiger partial charge on any atom is 0.340 e. The Balaban J connectivity index is 1.76. The third kappa shape index (κ3) is 3.42. The van der Waals surface area contributed by atoms with Gasteiger partial charge in [-0.15, -0.1) is 0 Å². The first-order valence-electron chi connectivity index (χ1n) is 10.0. The molecule has 0 saturated carbocycles. The minimum absolute atomic E-state index is 0.111. The summed E-state index contributed by atoms with van der Waals surface area (Å²) in [5.74, 6) is -0.887. The number of carbonyl (C=O) groups excluding carboxylic acids is 3. The molecule has 4 rings (SSSR count). The number of pyridine rings is 1. The number of benzene rings is 2. The molecular weight excluding hydrogens is 394 g/mol. The fourth-order valence-corrected chi connectivity index (χ4v) is 3.99. The summed E-state index contributed by atoms with van der Waals surface area (Å²) in [5.41, 5.74) is 3.71. The van der Waals surface area contributed by atoms with Gasteiger partial charge in [-0.25, -0.2) is 14.6 Å². The summed E-state index contributed by atoms with van der Waals surface area (Å²) >= 11 is 0. The smallest absolute Gasteiger partial charge is 0.340 e. The summed E-state index contributed by atoms with van der Waals surface area (Å²) in [5, 5.41) is 0.820. The molecular formula is C24H23N3O4. The molecule has 1 aliphatic heterocycles. The van der Waals surface area contributed by atoms with Crippen molar-refractivity contribution in [2.24, 2.45) is 0 Å². The molecule has 158 valence electrons. The summed E-state index contributed by atoms with van der Waals surface area (Å²) in [7, 11) is 1.30. The molecule has 3 amide bonds. The number of esters is 1. The van der Waals surface area contributed by atoms with E-state index >= 15 is 0 Å². The van der Waals surface area contributed by atoms with Gasteiger partial charge in [0, 0.05) is 11.1 Å². The molecule has 0 bridgehead atoms. The lowest BCUT2D eigenvalue weighted by Gasteiger charge is -2.20. The van der Waals surface area contributed by atoms with Crippen molar-refractivity contribution in [1.29, 1.82) is 0 Å². The Morgan fingerprint density at radius 1 is 1.06 bits per heavy atom. The molecule has 1 fully saturated rings. The largest absolute Gasteiger partial charge is 0.465 e. The van der Waals surface area contributed by atoms with E-state index in [0.717, 1.165) is 15.8 Å². The van der Waals surface area contributed by atoms with Crippen molar-refractivity contribution in [3.63, 3.8) is 0 Å². The third-order valence-corrected chi connectivity index (χ3v) is 5.68. The van der Waals surface area contributed by atoms with E-state index in [-0.39, 0.29) is 18.0 Å². The normalized spacial score (nSPS) is 16.3. The van der Waals surface area contributed by atoms with Crippen molar-refractivity contribution in [2.45, 2.75) is 33.4 Å². The fourth-order valence-electron chi connectivity index (χ4n) is 3.99. The van der Waals surface area contributed by atoms with Gasteiger partial charge in [-0.2, -0.15) is 0 Å². The van der Waals surface area contributed by atoms with Gasteiger partial charge in [0.2, 0.25) is 0 Å². The molecule has 7 heteroatoms. The highest BCUT2D eigenvalue weighted by molar-refractivity contribution is 6.14. The first-order valence-corrected chi connectivity index (χ1v) is 10.0. The van der Waals surface area contributed by atoms with Gasteiger partial charge in [0.1, 0.15) is 6.04 Å². The number of imide groups is 1. The standard InChI is InChI=1S/C24H23N3O4/c1-14-9-11-17(12-10-14)27-16(3)22(28)26(24(27)30)13-20-21(23(29)31-4)15(2)18-7-5-6-8-19(18)25-20/h5-12,16H,13H2,1-4H3/t16-/m1/s1. The number of anilines is 1. The number of hydrogen-bond donors (Lipinski definition) is 0. The molecule has 0 aliphatic carbocycles. The predicted molar refractivity (Wildman–Crippen MR) is 117 cm³/mol. The SMILES string of the molecule is COC(=O)c1c(CN2C(=O)[C@@H](C)N(c3ccc(C)cc3)C2=O)nc2ccccc2c1C. The average molecular weight is 417 g/mol. The highest BCUT2D eigenvalue weighted by Crippen LogP contribution is 2.29. The van der Waals surface area contributed by atoms with E-state index in [4.69, 9.17) is 4.74 Å². The number of amides is 3. The van der Waals surface area contributed by atoms with E-state index in [1.54, 1.807) is 6.92 Å². The summed E-state index contributed by atoms with van der Waals surface area (Å²) in [6.45, 7) is 5.36. The highest BCUT2D eigenvalue weighted by Gasteiger charge is 2.44. The number of fused-ring (bicyclic) bond motifs is 1. The second kappa shape index (κ2) is 7.83. The zero-order valence-electron chi connectivity index (χ0n) is 17.9. The molecule has 0 spiro atoms. The average Bonchev–Trinajstić information content (AvgIpc) is 2.97. The van der Waals surface area contributed by atoms with Crippen molar-refractivity contribution >= 4 is 34.5 Å². The van der Waals surface area contributed by atoms with E-state index in [9.17, 15) is 14.4 Å². The fraction of sp³-hybridized carbons (Fsp3) is 0.250. The van der Waals surface area contributed by atoms with Gasteiger partial charge < -0.3 is 4.74 Å². The first-order chi connectivity index (χ1) is 14.8. The lowest BCUT2D eigenvalue weighted by molar-refractivity contribution is -0.127. The van der Waals surface area contributed by atoms with E-state index < -0.39 is 18.0 Å². The van der Waals surface area contributed by atoms with Crippen LogP contribution in [0.4, 0.5) is 10.5 Å². The van der Waals surface area contributed by atoms with Crippen molar-refractivity contribution in [1.82, 2.24) is 9.88 Å². The number of nitrogens with zero attached hydrogens (tertiary/aromatic N) is 3. The van der Waals surface area contributed by atoms with Crippen molar-refractivity contribution in [2.75, 3.05) is 12.0 Å². The quantitative estimate of drug-likeness (QED) is 0.474. The summed E-state index contributed by atoms with van der Waals surface area (Å²) in [4.78, 5) is 46.0. The molecule has 2 heterocycles. The molecule has 1 aliphatic rings. The van der Waals surface area contributed by atoms with Crippen LogP contribution in [0, 0.1) is 13.8 Å². The number of aromatic nitrogens is 1. The molecule has 1 saturated heterocycles. The van der Waals surface area contributed by atoms with Crippen LogP contribution in [0.1, 0.15) is 34.1 Å². The summed E-state index contributed by atoms with van der Waals surface area (Å²) in [6.07, 6.45) is 0. The zero-order valence-corrected chi connectivity index (χ0v) is 17.9. The van der Waals surface area contributed by atoms with Crippen molar-refractivity contribution in [3.05, 3.63) is 70.9 Å². The lowest BCUT2D eigenvalue weighted by Crippen LogP contribution is -2.34. The van der Waals surface area contributed by atoms with E-state index in [1.807, 2.05) is 62.4 Å². The number of para-hydroxylation sites is 1. The van der Waals surface area contributed by atoms with Gasteiger partial charge in [-0.1, -0.05) is 35.9 Å². The molecule has 31 heavy (non-hydrogen) atoms. The Morgan fingerprint density at radius 2 is 1.74 bits per heavy atom. The number of aryl methyl sites for hydroxylation is 2. The molecule has 1 atom stereocenters. The first kappa shape index (κ1) is 20.5. The van der Waals surface area contributed by atoms with Crippen LogP contribution in [0.5, 0.6) is 0 Å². The van der Waals surface area contributed by atoms with Crippen LogP contribution in [0.15, 0.2) is 48.5 Å². The van der Waals surface area contributed by atoms with Gasteiger partial charge in [0.25, 0.3) is 5.91 Å². The molecule has 3 aromatic rings. The zero-order chi connectivity index (χ0) is 22.3. The molecule has 7 nitrogen and oxygen atoms in total. The van der Waals surface area contributed by atoms with E-state index in [0.29, 0.717) is 22.5 Å². The number of hydrogen-bond acceptors (Lipinski definition) is 5. The molecule has 0 unspecified atom stereocenters. The van der Waals surface area contributed by atoms with E-state index in [2.05, 4.69) is 4.98 Å². The number of rotatable bonds is 4. The van der Waals surface area contributed by atoms with Gasteiger partial charge >= 0.3 is 12.0 Å². The lowest BCUT2D eigenvalue weighted by atomic mass is 10.0.